The van der Waals surface area contributed by atoms with Gasteiger partial charge in [0.25, 0.3) is 11.7 Å². The molecule has 1 fully saturated rings. The van der Waals surface area contributed by atoms with Crippen molar-refractivity contribution in [3.05, 3.63) is 106 Å². The van der Waals surface area contributed by atoms with E-state index in [0.717, 1.165) is 11.1 Å². The van der Waals surface area contributed by atoms with Crippen molar-refractivity contribution in [1.29, 1.82) is 0 Å². The van der Waals surface area contributed by atoms with Crippen molar-refractivity contribution in [3.63, 3.8) is 0 Å². The predicted octanol–water partition coefficient (Wildman–Crippen LogP) is 5.45. The van der Waals surface area contributed by atoms with Crippen LogP contribution in [0, 0.1) is 12.7 Å². The molecule has 5 nitrogen and oxygen atoms in total. The highest BCUT2D eigenvalue weighted by atomic mass is 19.1. The van der Waals surface area contributed by atoms with E-state index in [9.17, 15) is 19.1 Å². The number of aliphatic hydroxyl groups is 1. The van der Waals surface area contributed by atoms with Crippen molar-refractivity contribution in [1.82, 2.24) is 9.88 Å². The van der Waals surface area contributed by atoms with Gasteiger partial charge in [-0.1, -0.05) is 51.1 Å². The third kappa shape index (κ3) is 4.36. The molecule has 1 unspecified atom stereocenters. The zero-order valence-electron chi connectivity index (χ0n) is 19.7. The molecular weight excluding hydrogens is 431 g/mol. The fraction of sp³-hybridized carbons (Fsp3) is 0.250. The Bertz CT molecular complexity index is 1280. The van der Waals surface area contributed by atoms with E-state index in [0.29, 0.717) is 16.8 Å². The summed E-state index contributed by atoms with van der Waals surface area (Å²) in [7, 11) is 0. The number of aryl methyl sites for hydroxylation is 1. The smallest absolute Gasteiger partial charge is 0.296 e. The quantitative estimate of drug-likeness (QED) is 0.321. The lowest BCUT2D eigenvalue weighted by Gasteiger charge is -2.25. The molecule has 1 aliphatic heterocycles. The molecule has 1 atom stereocenters. The fourth-order valence-electron chi connectivity index (χ4n) is 4.16. The van der Waals surface area contributed by atoms with Gasteiger partial charge in [0.2, 0.25) is 0 Å². The minimum Gasteiger partial charge on any atom is -0.507 e. The summed E-state index contributed by atoms with van der Waals surface area (Å²) in [4.78, 5) is 32.2. The molecule has 1 aliphatic rings. The zero-order valence-corrected chi connectivity index (χ0v) is 19.7. The van der Waals surface area contributed by atoms with Crippen LogP contribution in [0.3, 0.4) is 0 Å². The van der Waals surface area contributed by atoms with Crippen LogP contribution in [0.4, 0.5) is 4.39 Å². The second-order valence-corrected chi connectivity index (χ2v) is 9.59. The molecule has 3 aromatic rings. The molecule has 0 aliphatic carbocycles. The normalized spacial score (nSPS) is 17.9. The molecule has 2 heterocycles. The number of aliphatic hydroxyl groups excluding tert-OH is 1. The van der Waals surface area contributed by atoms with E-state index in [1.165, 1.54) is 17.0 Å². The van der Waals surface area contributed by atoms with Crippen molar-refractivity contribution in [2.75, 3.05) is 0 Å². The van der Waals surface area contributed by atoms with E-state index in [1.54, 1.807) is 36.5 Å². The van der Waals surface area contributed by atoms with Gasteiger partial charge in [-0.25, -0.2) is 4.39 Å². The summed E-state index contributed by atoms with van der Waals surface area (Å²) >= 11 is 0. The Balaban J connectivity index is 1.88. The number of nitrogens with zero attached hydrogens (tertiary/aromatic N) is 2. The standard InChI is InChI=1S/C28H27FN2O3/c1-17-8-11-19(28(2,3)4)15-21(17)25(32)23-24(22-7-5-6-14-30-22)31(27(34)26(23)33)16-18-9-12-20(29)13-10-18/h5-15,24,32H,16H2,1-4H3/b25-23+. The number of ketones is 1. The van der Waals surface area contributed by atoms with Crippen LogP contribution in [-0.2, 0) is 21.5 Å². The molecule has 2 aromatic carbocycles. The number of amides is 1. The number of carbonyl (C=O) groups is 2. The maximum absolute atomic E-state index is 13.4. The van der Waals surface area contributed by atoms with E-state index < -0.39 is 17.7 Å². The number of aromatic nitrogens is 1. The fourth-order valence-corrected chi connectivity index (χ4v) is 4.16. The van der Waals surface area contributed by atoms with E-state index in [-0.39, 0.29) is 29.1 Å². The molecule has 4 rings (SSSR count). The first-order valence-corrected chi connectivity index (χ1v) is 11.1. The molecular formula is C28H27FN2O3. The van der Waals surface area contributed by atoms with Crippen molar-refractivity contribution < 1.29 is 19.1 Å². The van der Waals surface area contributed by atoms with Gasteiger partial charge in [0.1, 0.15) is 17.6 Å². The number of hydrogen-bond donors (Lipinski definition) is 1. The molecule has 6 heteroatoms. The van der Waals surface area contributed by atoms with Crippen LogP contribution in [0.25, 0.3) is 5.76 Å². The molecule has 0 bridgehead atoms. The van der Waals surface area contributed by atoms with E-state index in [2.05, 4.69) is 25.8 Å². The number of hydrogen-bond acceptors (Lipinski definition) is 4. The highest BCUT2D eigenvalue weighted by molar-refractivity contribution is 6.46. The summed E-state index contributed by atoms with van der Waals surface area (Å²) in [5.41, 5.74) is 3.25. The van der Waals surface area contributed by atoms with Crippen LogP contribution in [0.1, 0.15) is 54.8 Å². The second kappa shape index (κ2) is 8.86. The van der Waals surface area contributed by atoms with Gasteiger partial charge < -0.3 is 10.0 Å². The molecule has 1 N–H and O–H groups in total. The van der Waals surface area contributed by atoms with Gasteiger partial charge in [-0.15, -0.1) is 0 Å². The lowest BCUT2D eigenvalue weighted by Crippen LogP contribution is -2.29. The van der Waals surface area contributed by atoms with E-state index in [1.807, 2.05) is 25.1 Å². The van der Waals surface area contributed by atoms with Crippen LogP contribution in [0.15, 0.2) is 72.4 Å². The number of Topliss-reactive ketones (excluding diaryl/α,β-unsaturated/α-hetero) is 1. The summed E-state index contributed by atoms with van der Waals surface area (Å²) in [6, 6.07) is 15.9. The summed E-state index contributed by atoms with van der Waals surface area (Å²) in [6.45, 7) is 8.13. The average Bonchev–Trinajstić information content (AvgIpc) is 3.05. The first-order chi connectivity index (χ1) is 16.1. The minimum atomic E-state index is -0.871. The highest BCUT2D eigenvalue weighted by Crippen LogP contribution is 2.40. The maximum Gasteiger partial charge on any atom is 0.296 e. The molecule has 0 radical (unpaired) electrons. The van der Waals surface area contributed by atoms with Crippen molar-refractivity contribution in [2.45, 2.75) is 45.7 Å². The summed E-state index contributed by atoms with van der Waals surface area (Å²) < 4.78 is 13.4. The Morgan fingerprint density at radius 2 is 1.76 bits per heavy atom. The van der Waals surface area contributed by atoms with Gasteiger partial charge in [0.05, 0.1) is 11.3 Å². The van der Waals surface area contributed by atoms with Crippen molar-refractivity contribution in [3.8, 4) is 0 Å². The Morgan fingerprint density at radius 3 is 2.38 bits per heavy atom. The van der Waals surface area contributed by atoms with Gasteiger partial charge >= 0.3 is 0 Å². The lowest BCUT2D eigenvalue weighted by atomic mass is 9.84. The third-order valence-corrected chi connectivity index (χ3v) is 6.13. The molecule has 1 saturated heterocycles. The molecule has 1 aromatic heterocycles. The molecule has 174 valence electrons. The van der Waals surface area contributed by atoms with Gasteiger partial charge in [0.15, 0.2) is 0 Å². The number of pyridine rings is 1. The predicted molar refractivity (Wildman–Crippen MR) is 128 cm³/mol. The van der Waals surface area contributed by atoms with Crippen LogP contribution in [0.5, 0.6) is 0 Å². The number of carbonyl (C=O) groups excluding carboxylic acids is 2. The average molecular weight is 459 g/mol. The van der Waals surface area contributed by atoms with Gasteiger partial charge in [-0.3, -0.25) is 14.6 Å². The largest absolute Gasteiger partial charge is 0.507 e. The maximum atomic E-state index is 13.4. The topological polar surface area (TPSA) is 70.5 Å². The molecule has 34 heavy (non-hydrogen) atoms. The van der Waals surface area contributed by atoms with Crippen LogP contribution >= 0.6 is 0 Å². The van der Waals surface area contributed by atoms with Crippen molar-refractivity contribution in [2.24, 2.45) is 0 Å². The molecule has 1 amide bonds. The van der Waals surface area contributed by atoms with Gasteiger partial charge in [0, 0.05) is 18.3 Å². The summed E-state index contributed by atoms with van der Waals surface area (Å²) in [5.74, 6) is -2.11. The second-order valence-electron chi connectivity index (χ2n) is 9.59. The lowest BCUT2D eigenvalue weighted by molar-refractivity contribution is -0.140. The first kappa shape index (κ1) is 23.4. The minimum absolute atomic E-state index is 0.0000270. The van der Waals surface area contributed by atoms with Gasteiger partial charge in [-0.2, -0.15) is 0 Å². The number of rotatable bonds is 4. The Morgan fingerprint density at radius 1 is 1.06 bits per heavy atom. The molecule has 0 spiro atoms. The zero-order chi connectivity index (χ0) is 24.6. The number of likely N-dealkylation sites (tertiary alicyclic amines) is 1. The monoisotopic (exact) mass is 458 g/mol. The highest BCUT2D eigenvalue weighted by Gasteiger charge is 2.46. The number of benzene rings is 2. The Labute approximate surface area is 198 Å². The van der Waals surface area contributed by atoms with Crippen LogP contribution in [-0.4, -0.2) is 26.7 Å². The summed E-state index contributed by atoms with van der Waals surface area (Å²) in [6.07, 6.45) is 1.58. The van der Waals surface area contributed by atoms with Crippen molar-refractivity contribution >= 4 is 17.4 Å². The SMILES string of the molecule is Cc1ccc(C(C)(C)C)cc1/C(O)=C1\C(=O)C(=O)N(Cc2ccc(F)cc2)C1c1ccccn1. The third-order valence-electron chi connectivity index (χ3n) is 6.13. The first-order valence-electron chi connectivity index (χ1n) is 11.1. The van der Waals surface area contributed by atoms with E-state index in [4.69, 9.17) is 0 Å². The Hall–Kier alpha value is -3.80. The number of halogens is 1. The molecule has 0 saturated carbocycles. The van der Waals surface area contributed by atoms with Crippen LogP contribution < -0.4 is 0 Å². The van der Waals surface area contributed by atoms with Gasteiger partial charge in [-0.05, 0) is 59.4 Å². The van der Waals surface area contributed by atoms with Crippen LogP contribution in [0.2, 0.25) is 0 Å². The van der Waals surface area contributed by atoms with E-state index >= 15 is 0 Å². The Kier molecular flexibility index (Phi) is 6.09. The summed E-state index contributed by atoms with van der Waals surface area (Å²) in [5, 5.41) is 11.4.